The molecule has 7 heteroatoms. The summed E-state index contributed by atoms with van der Waals surface area (Å²) >= 11 is 0. The third-order valence-electron chi connectivity index (χ3n) is 3.41. The van der Waals surface area contributed by atoms with Crippen molar-refractivity contribution >= 4 is 21.7 Å². The van der Waals surface area contributed by atoms with Crippen molar-refractivity contribution in [2.24, 2.45) is 0 Å². The SMILES string of the molecule is Cc1cccc(C)c1OCCOC(=O)c1ccccc1NS(C)(=O)=O. The van der Waals surface area contributed by atoms with E-state index >= 15 is 0 Å². The molecule has 0 aliphatic carbocycles. The lowest BCUT2D eigenvalue weighted by Gasteiger charge is -2.13. The summed E-state index contributed by atoms with van der Waals surface area (Å²) in [6.45, 7) is 4.15. The van der Waals surface area contributed by atoms with Crippen LogP contribution in [0.5, 0.6) is 5.75 Å². The fourth-order valence-electron chi connectivity index (χ4n) is 2.33. The zero-order valence-electron chi connectivity index (χ0n) is 14.4. The average Bonchev–Trinajstić information content (AvgIpc) is 2.52. The van der Waals surface area contributed by atoms with E-state index < -0.39 is 16.0 Å². The molecule has 2 rings (SSSR count). The number of hydrogen-bond donors (Lipinski definition) is 1. The number of esters is 1. The molecule has 2 aromatic rings. The van der Waals surface area contributed by atoms with Crippen LogP contribution in [0.25, 0.3) is 0 Å². The van der Waals surface area contributed by atoms with Gasteiger partial charge in [-0.05, 0) is 37.1 Å². The summed E-state index contributed by atoms with van der Waals surface area (Å²) in [6.07, 6.45) is 1.02. The van der Waals surface area contributed by atoms with E-state index in [1.165, 1.54) is 12.1 Å². The van der Waals surface area contributed by atoms with Crippen LogP contribution in [0.3, 0.4) is 0 Å². The molecular weight excluding hydrogens is 342 g/mol. The van der Waals surface area contributed by atoms with Gasteiger partial charge >= 0.3 is 5.97 Å². The number of ether oxygens (including phenoxy) is 2. The predicted molar refractivity (Wildman–Crippen MR) is 96.6 cm³/mol. The van der Waals surface area contributed by atoms with Gasteiger partial charge < -0.3 is 9.47 Å². The largest absolute Gasteiger partial charge is 0.489 e. The van der Waals surface area contributed by atoms with E-state index in [0.717, 1.165) is 23.1 Å². The van der Waals surface area contributed by atoms with Crippen LogP contribution in [0.4, 0.5) is 5.69 Å². The molecule has 2 aromatic carbocycles. The molecule has 0 aliphatic rings. The van der Waals surface area contributed by atoms with Crippen molar-refractivity contribution in [3.63, 3.8) is 0 Å². The molecule has 0 fully saturated rings. The molecule has 0 amide bonds. The molecule has 6 nitrogen and oxygen atoms in total. The van der Waals surface area contributed by atoms with Crippen LogP contribution in [-0.2, 0) is 14.8 Å². The fourth-order valence-corrected chi connectivity index (χ4v) is 2.91. The van der Waals surface area contributed by atoms with Gasteiger partial charge in [-0.2, -0.15) is 0 Å². The summed E-state index contributed by atoms with van der Waals surface area (Å²) in [4.78, 5) is 12.2. The molecule has 0 bridgehead atoms. The minimum atomic E-state index is -3.49. The molecule has 25 heavy (non-hydrogen) atoms. The monoisotopic (exact) mass is 363 g/mol. The maximum atomic E-state index is 12.2. The highest BCUT2D eigenvalue weighted by Crippen LogP contribution is 2.22. The van der Waals surface area contributed by atoms with Crippen molar-refractivity contribution in [1.29, 1.82) is 0 Å². The van der Waals surface area contributed by atoms with Crippen molar-refractivity contribution in [2.75, 3.05) is 24.2 Å². The molecule has 0 atom stereocenters. The van der Waals surface area contributed by atoms with E-state index in [-0.39, 0.29) is 24.5 Å². The summed E-state index contributed by atoms with van der Waals surface area (Å²) in [5.41, 5.74) is 2.36. The summed E-state index contributed by atoms with van der Waals surface area (Å²) in [6, 6.07) is 12.1. The topological polar surface area (TPSA) is 81.7 Å². The molecule has 0 aromatic heterocycles. The lowest BCUT2D eigenvalue weighted by atomic mass is 10.1. The van der Waals surface area contributed by atoms with Crippen molar-refractivity contribution in [3.05, 3.63) is 59.2 Å². The number of nitrogens with one attached hydrogen (secondary N) is 1. The Bertz CT molecular complexity index is 841. The summed E-state index contributed by atoms with van der Waals surface area (Å²) in [7, 11) is -3.49. The molecule has 0 spiro atoms. The maximum Gasteiger partial charge on any atom is 0.340 e. The molecule has 0 heterocycles. The Morgan fingerprint density at radius 2 is 1.64 bits per heavy atom. The van der Waals surface area contributed by atoms with Gasteiger partial charge in [0.1, 0.15) is 19.0 Å². The number of carbonyl (C=O) groups excluding carboxylic acids is 1. The Morgan fingerprint density at radius 1 is 1.00 bits per heavy atom. The number of hydrogen-bond acceptors (Lipinski definition) is 5. The first-order valence-electron chi connectivity index (χ1n) is 7.71. The number of rotatable bonds is 7. The molecule has 134 valence electrons. The van der Waals surface area contributed by atoms with E-state index in [0.29, 0.717) is 0 Å². The van der Waals surface area contributed by atoms with Gasteiger partial charge in [0.15, 0.2) is 0 Å². The highest BCUT2D eigenvalue weighted by Gasteiger charge is 2.15. The zero-order chi connectivity index (χ0) is 18.4. The smallest absolute Gasteiger partial charge is 0.340 e. The third-order valence-corrected chi connectivity index (χ3v) is 4.00. The second-order valence-electron chi connectivity index (χ2n) is 5.63. The van der Waals surface area contributed by atoms with Gasteiger partial charge in [-0.15, -0.1) is 0 Å². The van der Waals surface area contributed by atoms with Crippen LogP contribution in [0, 0.1) is 13.8 Å². The van der Waals surface area contributed by atoms with Gasteiger partial charge in [-0.3, -0.25) is 4.72 Å². The van der Waals surface area contributed by atoms with E-state index in [9.17, 15) is 13.2 Å². The van der Waals surface area contributed by atoms with E-state index in [1.54, 1.807) is 12.1 Å². The van der Waals surface area contributed by atoms with Crippen LogP contribution in [0.15, 0.2) is 42.5 Å². The Labute approximate surface area is 147 Å². The number of anilines is 1. The van der Waals surface area contributed by atoms with Crippen LogP contribution >= 0.6 is 0 Å². The van der Waals surface area contributed by atoms with E-state index in [2.05, 4.69) is 4.72 Å². The third kappa shape index (κ3) is 5.49. The number of benzene rings is 2. The van der Waals surface area contributed by atoms with Crippen LogP contribution in [0.2, 0.25) is 0 Å². The molecule has 0 aliphatic heterocycles. The lowest BCUT2D eigenvalue weighted by molar-refractivity contribution is 0.0451. The quantitative estimate of drug-likeness (QED) is 0.604. The Morgan fingerprint density at radius 3 is 2.28 bits per heavy atom. The van der Waals surface area contributed by atoms with Crippen LogP contribution < -0.4 is 9.46 Å². The highest BCUT2D eigenvalue weighted by molar-refractivity contribution is 7.92. The Kier molecular flexibility index (Phi) is 6.03. The number of aryl methyl sites for hydroxylation is 2. The highest BCUT2D eigenvalue weighted by atomic mass is 32.2. The second kappa shape index (κ2) is 8.02. The van der Waals surface area contributed by atoms with Crippen molar-refractivity contribution in [1.82, 2.24) is 0 Å². The minimum absolute atomic E-state index is 0.0554. The van der Waals surface area contributed by atoms with Gasteiger partial charge in [0.05, 0.1) is 17.5 Å². The standard InChI is InChI=1S/C18H21NO5S/c1-13-7-6-8-14(2)17(13)23-11-12-24-18(20)15-9-4-5-10-16(15)19-25(3,21)22/h4-10,19H,11-12H2,1-3H3. The summed E-state index contributed by atoms with van der Waals surface area (Å²) < 4.78 is 35.9. The number of sulfonamides is 1. The molecule has 0 saturated heterocycles. The fraction of sp³-hybridized carbons (Fsp3) is 0.278. The molecular formula is C18H21NO5S. The Balaban J connectivity index is 1.95. The van der Waals surface area contributed by atoms with Crippen molar-refractivity contribution in [2.45, 2.75) is 13.8 Å². The Hall–Kier alpha value is -2.54. The van der Waals surface area contributed by atoms with Crippen LogP contribution in [0.1, 0.15) is 21.5 Å². The second-order valence-corrected chi connectivity index (χ2v) is 7.37. The number of carbonyl (C=O) groups is 1. The summed E-state index contributed by atoms with van der Waals surface area (Å²) in [5.74, 6) is 0.162. The molecule has 0 saturated carbocycles. The van der Waals surface area contributed by atoms with Gasteiger partial charge in [-0.25, -0.2) is 13.2 Å². The van der Waals surface area contributed by atoms with Gasteiger partial charge in [0.25, 0.3) is 0 Å². The molecule has 0 unspecified atom stereocenters. The van der Waals surface area contributed by atoms with E-state index in [4.69, 9.17) is 9.47 Å². The molecule has 1 N–H and O–H groups in total. The van der Waals surface area contributed by atoms with Crippen LogP contribution in [-0.4, -0.2) is 33.9 Å². The maximum absolute atomic E-state index is 12.2. The first kappa shape index (κ1) is 18.8. The average molecular weight is 363 g/mol. The van der Waals surface area contributed by atoms with Gasteiger partial charge in [0, 0.05) is 0 Å². The number of para-hydroxylation sites is 2. The van der Waals surface area contributed by atoms with E-state index in [1.807, 2.05) is 32.0 Å². The first-order valence-corrected chi connectivity index (χ1v) is 9.60. The van der Waals surface area contributed by atoms with Gasteiger partial charge in [0.2, 0.25) is 10.0 Å². The first-order chi connectivity index (χ1) is 11.8. The molecule has 0 radical (unpaired) electrons. The zero-order valence-corrected chi connectivity index (χ0v) is 15.2. The van der Waals surface area contributed by atoms with Crippen molar-refractivity contribution in [3.8, 4) is 5.75 Å². The van der Waals surface area contributed by atoms with Crippen molar-refractivity contribution < 1.29 is 22.7 Å². The van der Waals surface area contributed by atoms with Gasteiger partial charge in [-0.1, -0.05) is 30.3 Å². The summed E-state index contributed by atoms with van der Waals surface area (Å²) in [5, 5.41) is 0. The normalized spacial score (nSPS) is 11.0. The predicted octanol–water partition coefficient (Wildman–Crippen LogP) is 2.91. The minimum Gasteiger partial charge on any atom is -0.489 e. The lowest BCUT2D eigenvalue weighted by Crippen LogP contribution is -2.16.